The summed E-state index contributed by atoms with van der Waals surface area (Å²) < 4.78 is 13.3. The summed E-state index contributed by atoms with van der Waals surface area (Å²) in [5.74, 6) is -1.91. The first-order valence-electron chi connectivity index (χ1n) is 7.07. The molecule has 0 spiro atoms. The van der Waals surface area contributed by atoms with Gasteiger partial charge in [0.25, 0.3) is 0 Å². The van der Waals surface area contributed by atoms with Gasteiger partial charge in [-0.25, -0.2) is 9.18 Å². The van der Waals surface area contributed by atoms with Crippen LogP contribution in [0.2, 0.25) is 0 Å². The van der Waals surface area contributed by atoms with Gasteiger partial charge in [-0.1, -0.05) is 26.0 Å². The Balaban J connectivity index is 2.15. The number of rotatable bonds is 5. The number of amides is 1. The Bertz CT molecular complexity index is 587. The molecule has 2 rings (SSSR count). The first-order valence-corrected chi connectivity index (χ1v) is 7.07. The predicted molar refractivity (Wildman–Crippen MR) is 76.2 cm³/mol. The molecule has 1 aromatic carbocycles. The van der Waals surface area contributed by atoms with Crippen molar-refractivity contribution < 1.29 is 19.1 Å². The molecule has 1 aromatic rings. The number of carboxylic acids is 1. The Hall–Kier alpha value is -1.91. The maximum absolute atomic E-state index is 13.3. The molecule has 3 unspecified atom stereocenters. The van der Waals surface area contributed by atoms with E-state index in [-0.39, 0.29) is 17.2 Å². The first-order chi connectivity index (χ1) is 9.78. The lowest BCUT2D eigenvalue weighted by Crippen LogP contribution is -2.35. The van der Waals surface area contributed by atoms with Crippen molar-refractivity contribution in [3.8, 4) is 0 Å². The van der Waals surface area contributed by atoms with E-state index < -0.39 is 17.8 Å². The van der Waals surface area contributed by atoms with Gasteiger partial charge in [-0.3, -0.25) is 4.79 Å². The maximum atomic E-state index is 13.3. The molecule has 4 nitrogen and oxygen atoms in total. The van der Waals surface area contributed by atoms with Crippen LogP contribution in [0, 0.1) is 24.1 Å². The molecule has 0 heterocycles. The lowest BCUT2D eigenvalue weighted by Gasteiger charge is -2.16. The van der Waals surface area contributed by atoms with Gasteiger partial charge in [0.15, 0.2) is 6.04 Å². The number of halogens is 1. The van der Waals surface area contributed by atoms with Crippen molar-refractivity contribution in [1.82, 2.24) is 5.32 Å². The third kappa shape index (κ3) is 3.06. The van der Waals surface area contributed by atoms with Crippen LogP contribution in [-0.2, 0) is 9.59 Å². The summed E-state index contributed by atoms with van der Waals surface area (Å²) >= 11 is 0. The predicted octanol–water partition coefficient (Wildman–Crippen LogP) is 2.81. The van der Waals surface area contributed by atoms with Crippen LogP contribution in [0.15, 0.2) is 18.2 Å². The van der Waals surface area contributed by atoms with Crippen molar-refractivity contribution in [2.75, 3.05) is 0 Å². The van der Waals surface area contributed by atoms with Crippen LogP contribution >= 0.6 is 0 Å². The lowest BCUT2D eigenvalue weighted by molar-refractivity contribution is -0.142. The minimum Gasteiger partial charge on any atom is -0.479 e. The second kappa shape index (κ2) is 5.47. The Morgan fingerprint density at radius 3 is 2.67 bits per heavy atom. The van der Waals surface area contributed by atoms with Gasteiger partial charge < -0.3 is 10.4 Å². The van der Waals surface area contributed by atoms with Crippen LogP contribution < -0.4 is 5.32 Å². The van der Waals surface area contributed by atoms with Gasteiger partial charge in [0, 0.05) is 5.92 Å². The molecule has 2 N–H and O–H groups in total. The molecule has 1 fully saturated rings. The van der Waals surface area contributed by atoms with E-state index in [1.54, 1.807) is 6.92 Å². The van der Waals surface area contributed by atoms with Crippen LogP contribution in [-0.4, -0.2) is 17.0 Å². The van der Waals surface area contributed by atoms with E-state index in [0.717, 1.165) is 12.8 Å². The third-order valence-corrected chi connectivity index (χ3v) is 4.52. The van der Waals surface area contributed by atoms with Gasteiger partial charge >= 0.3 is 5.97 Å². The Morgan fingerprint density at radius 1 is 1.52 bits per heavy atom. The zero-order valence-corrected chi connectivity index (χ0v) is 12.4. The normalized spacial score (nSPS) is 25.2. The van der Waals surface area contributed by atoms with E-state index in [1.807, 2.05) is 13.8 Å². The number of hydrogen-bond donors (Lipinski definition) is 2. The minimum atomic E-state index is -1.15. The number of carbonyl (C=O) groups is 2. The smallest absolute Gasteiger partial charge is 0.330 e. The Labute approximate surface area is 123 Å². The second-order valence-electron chi connectivity index (χ2n) is 6.05. The molecular weight excluding hydrogens is 273 g/mol. The molecule has 114 valence electrons. The molecule has 0 aromatic heterocycles. The fourth-order valence-electron chi connectivity index (χ4n) is 2.59. The molecule has 1 aliphatic carbocycles. The summed E-state index contributed by atoms with van der Waals surface area (Å²) in [6, 6.07) is 2.94. The van der Waals surface area contributed by atoms with Crippen LogP contribution in [0.25, 0.3) is 0 Å². The average Bonchev–Trinajstić information content (AvgIpc) is 3.12. The number of benzene rings is 1. The van der Waals surface area contributed by atoms with Crippen molar-refractivity contribution >= 4 is 11.9 Å². The third-order valence-electron chi connectivity index (χ3n) is 4.52. The highest BCUT2D eigenvalue weighted by atomic mass is 19.1. The molecule has 5 heteroatoms. The molecule has 1 saturated carbocycles. The number of aliphatic carboxylic acids is 1. The van der Waals surface area contributed by atoms with Gasteiger partial charge in [-0.2, -0.15) is 0 Å². The van der Waals surface area contributed by atoms with E-state index in [1.165, 1.54) is 18.2 Å². The largest absolute Gasteiger partial charge is 0.479 e. The van der Waals surface area contributed by atoms with E-state index in [2.05, 4.69) is 5.32 Å². The van der Waals surface area contributed by atoms with Crippen molar-refractivity contribution in [3.63, 3.8) is 0 Å². The molecule has 0 saturated heterocycles. The topological polar surface area (TPSA) is 66.4 Å². The standard InChI is InChI=1S/C16H20FNO3/c1-4-16(3)8-11(16)14(19)18-13(15(20)21)10-5-6-12(17)9(2)7-10/h5-7,11,13H,4,8H2,1-3H3,(H,18,19)(H,20,21). The summed E-state index contributed by atoms with van der Waals surface area (Å²) in [5, 5.41) is 11.9. The molecule has 1 amide bonds. The number of hydrogen-bond acceptors (Lipinski definition) is 2. The molecule has 0 bridgehead atoms. The van der Waals surface area contributed by atoms with Crippen molar-refractivity contribution in [2.24, 2.45) is 11.3 Å². The lowest BCUT2D eigenvalue weighted by atomic mass is 10.0. The highest BCUT2D eigenvalue weighted by molar-refractivity contribution is 5.88. The second-order valence-corrected chi connectivity index (χ2v) is 6.05. The number of carboxylic acid groups (broad SMARTS) is 1. The van der Waals surface area contributed by atoms with Gasteiger partial charge in [-0.15, -0.1) is 0 Å². The average molecular weight is 293 g/mol. The monoisotopic (exact) mass is 293 g/mol. The summed E-state index contributed by atoms with van der Waals surface area (Å²) in [7, 11) is 0. The molecule has 21 heavy (non-hydrogen) atoms. The molecule has 0 radical (unpaired) electrons. The van der Waals surface area contributed by atoms with Gasteiger partial charge in [0.1, 0.15) is 5.82 Å². The summed E-state index contributed by atoms with van der Waals surface area (Å²) in [5.41, 5.74) is 0.720. The van der Waals surface area contributed by atoms with Crippen molar-refractivity contribution in [2.45, 2.75) is 39.7 Å². The zero-order valence-electron chi connectivity index (χ0n) is 12.4. The van der Waals surface area contributed by atoms with Crippen LogP contribution in [0.4, 0.5) is 4.39 Å². The Morgan fingerprint density at radius 2 is 2.19 bits per heavy atom. The highest BCUT2D eigenvalue weighted by Gasteiger charge is 2.53. The van der Waals surface area contributed by atoms with Crippen LogP contribution in [0.3, 0.4) is 0 Å². The summed E-state index contributed by atoms with van der Waals surface area (Å²) in [4.78, 5) is 23.6. The van der Waals surface area contributed by atoms with E-state index in [0.29, 0.717) is 11.1 Å². The molecule has 1 aliphatic rings. The van der Waals surface area contributed by atoms with Gasteiger partial charge in [0.05, 0.1) is 0 Å². The van der Waals surface area contributed by atoms with Gasteiger partial charge in [0.2, 0.25) is 5.91 Å². The summed E-state index contributed by atoms with van der Waals surface area (Å²) in [6.45, 7) is 5.61. The Kier molecular flexibility index (Phi) is 4.03. The SMILES string of the molecule is CCC1(C)CC1C(=O)NC(C(=O)O)c1ccc(F)c(C)c1. The van der Waals surface area contributed by atoms with Crippen molar-refractivity contribution in [1.29, 1.82) is 0 Å². The minimum absolute atomic E-state index is 0.0220. The van der Waals surface area contributed by atoms with E-state index in [4.69, 9.17) is 0 Å². The number of nitrogens with one attached hydrogen (secondary N) is 1. The summed E-state index contributed by atoms with van der Waals surface area (Å²) in [6.07, 6.45) is 1.67. The van der Waals surface area contributed by atoms with E-state index >= 15 is 0 Å². The molecule has 0 aliphatic heterocycles. The van der Waals surface area contributed by atoms with E-state index in [9.17, 15) is 19.1 Å². The fourth-order valence-corrected chi connectivity index (χ4v) is 2.59. The zero-order chi connectivity index (χ0) is 15.8. The van der Waals surface area contributed by atoms with Crippen LogP contribution in [0.1, 0.15) is 43.9 Å². The fraction of sp³-hybridized carbons (Fsp3) is 0.500. The first kappa shape index (κ1) is 15.5. The highest BCUT2D eigenvalue weighted by Crippen LogP contribution is 2.54. The quantitative estimate of drug-likeness (QED) is 0.877. The maximum Gasteiger partial charge on any atom is 0.330 e. The number of carbonyl (C=O) groups excluding carboxylic acids is 1. The number of aryl methyl sites for hydroxylation is 1. The van der Waals surface area contributed by atoms with Crippen LogP contribution in [0.5, 0.6) is 0 Å². The molecule has 3 atom stereocenters. The molecular formula is C16H20FNO3. The van der Waals surface area contributed by atoms with Gasteiger partial charge in [-0.05, 0) is 42.4 Å². The van der Waals surface area contributed by atoms with Crippen molar-refractivity contribution in [3.05, 3.63) is 35.1 Å².